The smallest absolute Gasteiger partial charge is 0.233 e. The van der Waals surface area contributed by atoms with Crippen LogP contribution in [0.25, 0.3) is 0 Å². The predicted molar refractivity (Wildman–Crippen MR) is 63.2 cm³/mol. The molecule has 2 saturated heterocycles. The van der Waals surface area contributed by atoms with Gasteiger partial charge in [-0.25, -0.2) is 0 Å². The molecule has 0 radical (unpaired) electrons. The molecular formula is C13H20N2O2. The Kier molecular flexibility index (Phi) is 2.90. The van der Waals surface area contributed by atoms with Crippen LogP contribution in [0.1, 0.15) is 38.5 Å². The first-order valence-electron chi connectivity index (χ1n) is 6.86. The van der Waals surface area contributed by atoms with Gasteiger partial charge in [0.1, 0.15) is 0 Å². The monoisotopic (exact) mass is 236 g/mol. The lowest BCUT2D eigenvalue weighted by Gasteiger charge is -2.19. The number of nitrogens with zero attached hydrogens (tertiary/aromatic N) is 1. The van der Waals surface area contributed by atoms with Gasteiger partial charge in [0.15, 0.2) is 0 Å². The molecule has 1 aliphatic carbocycles. The van der Waals surface area contributed by atoms with E-state index in [1.165, 1.54) is 0 Å². The number of likely N-dealkylation sites (tertiary alicyclic amines) is 1. The van der Waals surface area contributed by atoms with E-state index < -0.39 is 0 Å². The molecule has 4 heteroatoms. The fourth-order valence-electron chi connectivity index (χ4n) is 3.54. The van der Waals surface area contributed by atoms with Crippen molar-refractivity contribution in [1.82, 2.24) is 10.2 Å². The third-order valence-electron chi connectivity index (χ3n) is 4.50. The highest BCUT2D eigenvalue weighted by Crippen LogP contribution is 2.38. The first-order chi connectivity index (χ1) is 8.27. The minimum atomic E-state index is 0.0117. The summed E-state index contributed by atoms with van der Waals surface area (Å²) in [6.07, 6.45) is 6.30. The van der Waals surface area contributed by atoms with Crippen LogP contribution < -0.4 is 5.32 Å². The standard InChI is InChI=1S/C13H20N2O2/c16-12-10-5-1-2-6-11(10)13(17)15(12)8-9-4-3-7-14-9/h9-11,14H,1-8H2. The Labute approximate surface area is 102 Å². The number of hydrogen-bond donors (Lipinski definition) is 1. The average Bonchev–Trinajstić information content (AvgIpc) is 2.94. The van der Waals surface area contributed by atoms with Crippen molar-refractivity contribution in [2.24, 2.45) is 11.8 Å². The van der Waals surface area contributed by atoms with Crippen molar-refractivity contribution in [3.8, 4) is 0 Å². The number of carbonyl (C=O) groups excluding carboxylic acids is 2. The largest absolute Gasteiger partial charge is 0.312 e. The summed E-state index contributed by atoms with van der Waals surface area (Å²) >= 11 is 0. The minimum absolute atomic E-state index is 0.0117. The Bertz CT molecular complexity index is 312. The first kappa shape index (κ1) is 11.2. The lowest BCUT2D eigenvalue weighted by molar-refractivity contribution is -0.140. The van der Waals surface area contributed by atoms with E-state index in [1.54, 1.807) is 4.90 Å². The highest BCUT2D eigenvalue weighted by Gasteiger charge is 2.48. The number of rotatable bonds is 2. The zero-order valence-corrected chi connectivity index (χ0v) is 10.2. The summed E-state index contributed by atoms with van der Waals surface area (Å²) in [5.74, 6) is 0.233. The summed E-state index contributed by atoms with van der Waals surface area (Å²) in [4.78, 5) is 26.0. The molecule has 2 amide bonds. The Balaban J connectivity index is 1.71. The van der Waals surface area contributed by atoms with Gasteiger partial charge >= 0.3 is 0 Å². The molecule has 0 aromatic heterocycles. The molecule has 3 fully saturated rings. The quantitative estimate of drug-likeness (QED) is 0.725. The highest BCUT2D eigenvalue weighted by molar-refractivity contribution is 6.05. The molecule has 1 saturated carbocycles. The van der Waals surface area contributed by atoms with Crippen LogP contribution in [-0.4, -0.2) is 35.8 Å². The SMILES string of the molecule is O=C1C2CCCCC2C(=O)N1CC1CCCN1. The number of carbonyl (C=O) groups is 2. The molecule has 0 bridgehead atoms. The molecule has 3 rings (SSSR count). The van der Waals surface area contributed by atoms with Gasteiger partial charge in [0.05, 0.1) is 11.8 Å². The Morgan fingerprint density at radius 3 is 2.18 bits per heavy atom. The van der Waals surface area contributed by atoms with E-state index in [0.29, 0.717) is 12.6 Å². The lowest BCUT2D eigenvalue weighted by Crippen LogP contribution is -2.41. The Hall–Kier alpha value is -0.900. The molecule has 3 atom stereocenters. The lowest BCUT2D eigenvalue weighted by atomic mass is 9.81. The summed E-state index contributed by atoms with van der Waals surface area (Å²) in [6, 6.07) is 0.336. The van der Waals surface area contributed by atoms with Crippen molar-refractivity contribution in [3.63, 3.8) is 0 Å². The van der Waals surface area contributed by atoms with Crippen LogP contribution in [0.15, 0.2) is 0 Å². The third kappa shape index (κ3) is 1.88. The van der Waals surface area contributed by atoms with Crippen LogP contribution in [0.4, 0.5) is 0 Å². The second kappa shape index (κ2) is 4.41. The normalized spacial score (nSPS) is 37.6. The Morgan fingerprint density at radius 2 is 1.65 bits per heavy atom. The zero-order valence-electron chi connectivity index (χ0n) is 10.2. The van der Waals surface area contributed by atoms with Gasteiger partial charge in [0.2, 0.25) is 11.8 Å². The van der Waals surface area contributed by atoms with Crippen molar-refractivity contribution >= 4 is 11.8 Å². The second-order valence-corrected chi connectivity index (χ2v) is 5.58. The molecule has 3 unspecified atom stereocenters. The van der Waals surface area contributed by atoms with E-state index in [0.717, 1.165) is 45.1 Å². The topological polar surface area (TPSA) is 49.4 Å². The van der Waals surface area contributed by atoms with Crippen LogP contribution in [0, 0.1) is 11.8 Å². The summed E-state index contributed by atoms with van der Waals surface area (Å²) in [7, 11) is 0. The van der Waals surface area contributed by atoms with Crippen LogP contribution in [0.2, 0.25) is 0 Å². The summed E-state index contributed by atoms with van der Waals surface area (Å²) in [5, 5.41) is 3.36. The maximum absolute atomic E-state index is 12.2. The maximum atomic E-state index is 12.2. The number of imide groups is 1. The molecule has 17 heavy (non-hydrogen) atoms. The molecule has 1 N–H and O–H groups in total. The van der Waals surface area contributed by atoms with Crippen molar-refractivity contribution < 1.29 is 9.59 Å². The minimum Gasteiger partial charge on any atom is -0.312 e. The van der Waals surface area contributed by atoms with Gasteiger partial charge in [-0.05, 0) is 32.2 Å². The number of amides is 2. The molecule has 0 spiro atoms. The van der Waals surface area contributed by atoms with Crippen LogP contribution in [0.3, 0.4) is 0 Å². The maximum Gasteiger partial charge on any atom is 0.233 e. The summed E-state index contributed by atoms with van der Waals surface area (Å²) < 4.78 is 0. The number of hydrogen-bond acceptors (Lipinski definition) is 3. The fraction of sp³-hybridized carbons (Fsp3) is 0.846. The van der Waals surface area contributed by atoms with Crippen LogP contribution >= 0.6 is 0 Å². The van der Waals surface area contributed by atoms with Crippen molar-refractivity contribution in [2.75, 3.05) is 13.1 Å². The van der Waals surface area contributed by atoms with Crippen LogP contribution in [0.5, 0.6) is 0 Å². The van der Waals surface area contributed by atoms with Crippen LogP contribution in [-0.2, 0) is 9.59 Å². The summed E-state index contributed by atoms with van der Waals surface area (Å²) in [6.45, 7) is 1.62. The number of fused-ring (bicyclic) bond motifs is 1. The molecular weight excluding hydrogens is 216 g/mol. The molecule has 94 valence electrons. The fourth-order valence-corrected chi connectivity index (χ4v) is 3.54. The molecule has 2 heterocycles. The van der Waals surface area contributed by atoms with Crippen molar-refractivity contribution in [1.29, 1.82) is 0 Å². The van der Waals surface area contributed by atoms with Gasteiger partial charge in [-0.15, -0.1) is 0 Å². The first-order valence-corrected chi connectivity index (χ1v) is 6.86. The van der Waals surface area contributed by atoms with Gasteiger partial charge in [0.25, 0.3) is 0 Å². The van der Waals surface area contributed by atoms with E-state index in [1.807, 2.05) is 0 Å². The molecule has 4 nitrogen and oxygen atoms in total. The van der Waals surface area contributed by atoms with E-state index in [4.69, 9.17) is 0 Å². The predicted octanol–water partition coefficient (Wildman–Crippen LogP) is 0.914. The summed E-state index contributed by atoms with van der Waals surface area (Å²) in [5.41, 5.74) is 0. The van der Waals surface area contributed by atoms with Gasteiger partial charge in [-0.3, -0.25) is 14.5 Å². The van der Waals surface area contributed by atoms with Crippen molar-refractivity contribution in [2.45, 2.75) is 44.6 Å². The molecule has 0 aromatic carbocycles. The molecule has 2 aliphatic heterocycles. The van der Waals surface area contributed by atoms with E-state index in [-0.39, 0.29) is 23.7 Å². The molecule has 0 aromatic rings. The average molecular weight is 236 g/mol. The van der Waals surface area contributed by atoms with E-state index in [2.05, 4.69) is 5.32 Å². The van der Waals surface area contributed by atoms with Gasteiger partial charge in [0, 0.05) is 12.6 Å². The second-order valence-electron chi connectivity index (χ2n) is 5.58. The Morgan fingerprint density at radius 1 is 1.00 bits per heavy atom. The van der Waals surface area contributed by atoms with Crippen molar-refractivity contribution in [3.05, 3.63) is 0 Å². The zero-order chi connectivity index (χ0) is 11.8. The van der Waals surface area contributed by atoms with Gasteiger partial charge in [-0.2, -0.15) is 0 Å². The third-order valence-corrected chi connectivity index (χ3v) is 4.50. The van der Waals surface area contributed by atoms with Gasteiger partial charge in [-0.1, -0.05) is 12.8 Å². The highest BCUT2D eigenvalue weighted by atomic mass is 16.2. The van der Waals surface area contributed by atoms with E-state index >= 15 is 0 Å². The van der Waals surface area contributed by atoms with E-state index in [9.17, 15) is 9.59 Å². The number of nitrogens with one attached hydrogen (secondary N) is 1. The molecule has 3 aliphatic rings. The van der Waals surface area contributed by atoms with Gasteiger partial charge < -0.3 is 5.32 Å².